The molecule has 0 aliphatic rings. The monoisotopic (exact) mass is 581 g/mol. The number of aromatic amines is 1. The fourth-order valence-corrected chi connectivity index (χ4v) is 6.94. The first-order valence-corrected chi connectivity index (χ1v) is 14.1. The zero-order valence-corrected chi connectivity index (χ0v) is 22.7. The van der Waals surface area contributed by atoms with E-state index in [2.05, 4.69) is 20.0 Å². The number of aromatic nitrogens is 2. The van der Waals surface area contributed by atoms with Gasteiger partial charge in [0.1, 0.15) is 15.8 Å². The summed E-state index contributed by atoms with van der Waals surface area (Å²) in [5.74, 6) is 0.136. The number of nitrogens with zero attached hydrogens (tertiary/aromatic N) is 2. The summed E-state index contributed by atoms with van der Waals surface area (Å²) in [6.07, 6.45) is 0. The molecule has 8 nitrogen and oxygen atoms in total. The highest BCUT2D eigenvalue weighted by atomic mass is 35.5. The largest absolute Gasteiger partial charge is 0.326 e. The second kappa shape index (κ2) is 10.1. The third-order valence-electron chi connectivity index (χ3n) is 5.65. The van der Waals surface area contributed by atoms with Crippen molar-refractivity contribution in [2.45, 2.75) is 11.1 Å². The molecule has 0 saturated heterocycles. The van der Waals surface area contributed by atoms with Crippen LogP contribution in [0.25, 0.3) is 21.3 Å². The second-order valence-corrected chi connectivity index (χ2v) is 12.0. The van der Waals surface area contributed by atoms with Crippen molar-refractivity contribution in [3.63, 3.8) is 0 Å². The lowest BCUT2D eigenvalue weighted by atomic mass is 10.1. The predicted octanol–water partition coefficient (Wildman–Crippen LogP) is 6.68. The van der Waals surface area contributed by atoms with Gasteiger partial charge in [-0.05, 0) is 72.5 Å². The van der Waals surface area contributed by atoms with Gasteiger partial charge in [0, 0.05) is 31.7 Å². The van der Waals surface area contributed by atoms with Gasteiger partial charge in [0.15, 0.2) is 0 Å². The van der Waals surface area contributed by atoms with E-state index in [1.54, 1.807) is 73.7 Å². The minimum Gasteiger partial charge on any atom is -0.326 e. The Morgan fingerprint density at radius 2 is 1.63 bits per heavy atom. The molecule has 0 spiro atoms. The Labute approximate surface area is 231 Å². The molecule has 190 valence electrons. The van der Waals surface area contributed by atoms with Crippen LogP contribution in [-0.4, -0.2) is 18.4 Å². The molecule has 0 aliphatic carbocycles. The summed E-state index contributed by atoms with van der Waals surface area (Å²) >= 11 is 13.2. The van der Waals surface area contributed by atoms with Crippen molar-refractivity contribution in [2.24, 2.45) is 0 Å². The Morgan fingerprint density at radius 1 is 0.974 bits per heavy atom. The molecular weight excluding hydrogens is 565 g/mol. The molecule has 5 rings (SSSR count). The molecule has 0 bridgehead atoms. The van der Waals surface area contributed by atoms with Crippen molar-refractivity contribution in [1.82, 2.24) is 9.97 Å². The van der Waals surface area contributed by atoms with Gasteiger partial charge >= 0.3 is 0 Å². The van der Waals surface area contributed by atoms with Crippen LogP contribution in [0.15, 0.2) is 75.7 Å². The van der Waals surface area contributed by atoms with E-state index in [0.29, 0.717) is 32.5 Å². The maximum atomic E-state index is 13.2. The average molecular weight is 582 g/mol. The summed E-state index contributed by atoms with van der Waals surface area (Å²) in [5.41, 5.74) is 1.40. The molecule has 0 fully saturated rings. The number of H-pyrrole nitrogens is 1. The van der Waals surface area contributed by atoms with Crippen LogP contribution in [0.3, 0.4) is 0 Å². The van der Waals surface area contributed by atoms with Crippen LogP contribution in [0.1, 0.15) is 11.1 Å². The maximum Gasteiger partial charge on any atom is 0.271 e. The van der Waals surface area contributed by atoms with E-state index in [1.807, 2.05) is 6.07 Å². The number of benzene rings is 3. The lowest BCUT2D eigenvalue weighted by molar-refractivity contribution is 0.603. The Hall–Kier alpha value is -3.88. The molecule has 0 saturated carbocycles. The third-order valence-corrected chi connectivity index (χ3v) is 9.41. The fraction of sp³-hybridized carbons (Fsp3) is 0.0385. The quantitative estimate of drug-likeness (QED) is 0.205. The highest BCUT2D eigenvalue weighted by Gasteiger charge is 2.22. The maximum absolute atomic E-state index is 13.2. The van der Waals surface area contributed by atoms with E-state index >= 15 is 0 Å². The molecule has 0 atom stereocenters. The number of fused-ring (bicyclic) bond motifs is 1. The van der Waals surface area contributed by atoms with Crippen LogP contribution in [-0.2, 0) is 10.0 Å². The van der Waals surface area contributed by atoms with Gasteiger partial charge in [-0.3, -0.25) is 14.5 Å². The standard InChI is InChI=1S/C26H17Cl2N5O3S2/c1-14-20-12-17(28)6-11-22(20)37-25(14)38(35,36)33-19-7-2-15(3-8-19)23-21(13-29)24(34)32-26(31-23)30-18-9-4-16(27)5-10-18/h2-12,33H,1H3,(H2,30,31,32,34). The highest BCUT2D eigenvalue weighted by Crippen LogP contribution is 2.36. The minimum atomic E-state index is -3.88. The van der Waals surface area contributed by atoms with Crippen molar-refractivity contribution in [2.75, 3.05) is 10.0 Å². The van der Waals surface area contributed by atoms with E-state index in [0.717, 1.165) is 21.4 Å². The van der Waals surface area contributed by atoms with Crippen molar-refractivity contribution in [3.05, 3.63) is 98.3 Å². The number of sulfonamides is 1. The normalized spacial score (nSPS) is 11.3. The molecule has 12 heteroatoms. The zero-order chi connectivity index (χ0) is 27.0. The summed E-state index contributed by atoms with van der Waals surface area (Å²) in [4.78, 5) is 19.5. The Morgan fingerprint density at radius 3 is 2.32 bits per heavy atom. The SMILES string of the molecule is Cc1c(S(=O)(=O)Nc2ccc(-c3nc(Nc4ccc(Cl)cc4)[nH]c(=O)c3C#N)cc2)sc2ccc(Cl)cc12. The zero-order valence-electron chi connectivity index (χ0n) is 19.5. The minimum absolute atomic E-state index is 0.136. The van der Waals surface area contributed by atoms with Gasteiger partial charge in [0.2, 0.25) is 5.95 Å². The molecular formula is C26H17Cl2N5O3S2. The van der Waals surface area contributed by atoms with Crippen LogP contribution >= 0.6 is 34.5 Å². The number of nitrogens with one attached hydrogen (secondary N) is 3. The van der Waals surface area contributed by atoms with E-state index in [-0.39, 0.29) is 21.4 Å². The third kappa shape index (κ3) is 5.10. The molecule has 3 aromatic carbocycles. The lowest BCUT2D eigenvalue weighted by Gasteiger charge is -2.10. The number of aryl methyl sites for hydroxylation is 1. The van der Waals surface area contributed by atoms with Gasteiger partial charge in [0.25, 0.3) is 15.6 Å². The molecule has 38 heavy (non-hydrogen) atoms. The average Bonchev–Trinajstić information content (AvgIpc) is 3.22. The molecule has 2 heterocycles. The van der Waals surface area contributed by atoms with Crippen molar-refractivity contribution < 1.29 is 8.42 Å². The first-order chi connectivity index (χ1) is 18.1. The Kier molecular flexibility index (Phi) is 6.86. The Bertz CT molecular complexity index is 1890. The fourth-order valence-electron chi connectivity index (χ4n) is 3.84. The van der Waals surface area contributed by atoms with E-state index in [4.69, 9.17) is 23.2 Å². The van der Waals surface area contributed by atoms with E-state index in [9.17, 15) is 18.5 Å². The summed E-state index contributed by atoms with van der Waals surface area (Å²) in [6, 6.07) is 20.2. The molecule has 0 radical (unpaired) electrons. The van der Waals surface area contributed by atoms with Gasteiger partial charge in [-0.15, -0.1) is 11.3 Å². The van der Waals surface area contributed by atoms with Crippen LogP contribution in [0, 0.1) is 18.3 Å². The molecule has 5 aromatic rings. The van der Waals surface area contributed by atoms with Gasteiger partial charge in [-0.2, -0.15) is 5.26 Å². The van der Waals surface area contributed by atoms with E-state index < -0.39 is 15.6 Å². The van der Waals surface area contributed by atoms with Crippen LogP contribution in [0.2, 0.25) is 10.0 Å². The summed E-state index contributed by atoms with van der Waals surface area (Å²) in [6.45, 7) is 1.74. The van der Waals surface area contributed by atoms with E-state index in [1.165, 1.54) is 0 Å². The summed E-state index contributed by atoms with van der Waals surface area (Å²) in [5, 5.41) is 14.4. The van der Waals surface area contributed by atoms with Crippen molar-refractivity contribution >= 4 is 72.0 Å². The molecule has 2 aromatic heterocycles. The number of anilines is 3. The molecule has 0 aliphatic heterocycles. The first kappa shape index (κ1) is 25.8. The van der Waals surface area contributed by atoms with Gasteiger partial charge in [-0.25, -0.2) is 13.4 Å². The van der Waals surface area contributed by atoms with Crippen molar-refractivity contribution in [1.29, 1.82) is 5.26 Å². The highest BCUT2D eigenvalue weighted by molar-refractivity contribution is 7.94. The van der Waals surface area contributed by atoms with Crippen LogP contribution in [0.4, 0.5) is 17.3 Å². The van der Waals surface area contributed by atoms with Crippen LogP contribution in [0.5, 0.6) is 0 Å². The number of hydrogen-bond donors (Lipinski definition) is 3. The number of hydrogen-bond acceptors (Lipinski definition) is 7. The lowest BCUT2D eigenvalue weighted by Crippen LogP contribution is -2.16. The van der Waals surface area contributed by atoms with Crippen molar-refractivity contribution in [3.8, 4) is 17.3 Å². The predicted molar refractivity (Wildman–Crippen MR) is 152 cm³/mol. The van der Waals surface area contributed by atoms with Gasteiger partial charge < -0.3 is 5.32 Å². The first-order valence-electron chi connectivity index (χ1n) is 11.0. The molecule has 3 N–H and O–H groups in total. The topological polar surface area (TPSA) is 128 Å². The molecule has 0 amide bonds. The second-order valence-electron chi connectivity index (χ2n) is 8.22. The smallest absolute Gasteiger partial charge is 0.271 e. The number of halogens is 2. The molecule has 0 unspecified atom stereocenters. The van der Waals surface area contributed by atoms with Gasteiger partial charge in [0.05, 0.1) is 5.69 Å². The van der Waals surface area contributed by atoms with Crippen LogP contribution < -0.4 is 15.6 Å². The summed E-state index contributed by atoms with van der Waals surface area (Å²) in [7, 11) is -3.88. The Balaban J connectivity index is 1.44. The number of nitriles is 1. The van der Waals surface area contributed by atoms with Gasteiger partial charge in [-0.1, -0.05) is 35.3 Å². The number of thiophene rings is 1. The number of rotatable bonds is 6. The summed E-state index contributed by atoms with van der Waals surface area (Å²) < 4.78 is 29.9.